The third-order valence-electron chi connectivity index (χ3n) is 3.19. The molecule has 1 N–H and O–H groups in total. The predicted molar refractivity (Wildman–Crippen MR) is 75.6 cm³/mol. The van der Waals surface area contributed by atoms with Crippen LogP contribution in [0.15, 0.2) is 24.3 Å². The van der Waals surface area contributed by atoms with Gasteiger partial charge in [0.05, 0.1) is 12.1 Å². The average Bonchev–Trinajstić information content (AvgIpc) is 2.92. The monoisotopic (exact) mass is 314 g/mol. The van der Waals surface area contributed by atoms with E-state index in [0.717, 1.165) is 6.07 Å². The molecule has 6 nitrogen and oxygen atoms in total. The highest BCUT2D eigenvalue weighted by molar-refractivity contribution is 5.32. The molecule has 120 valence electrons. The summed E-state index contributed by atoms with van der Waals surface area (Å²) in [5.41, 5.74) is -0.542. The van der Waals surface area contributed by atoms with Crippen molar-refractivity contribution >= 4 is 5.95 Å². The maximum Gasteiger partial charge on any atom is 0.416 e. The van der Waals surface area contributed by atoms with Crippen LogP contribution in [0.25, 0.3) is 0 Å². The Labute approximate surface area is 125 Å². The van der Waals surface area contributed by atoms with Crippen LogP contribution in [0.3, 0.4) is 0 Å². The molecule has 0 aliphatic rings. The summed E-state index contributed by atoms with van der Waals surface area (Å²) in [6.07, 6.45) is -4.40. The van der Waals surface area contributed by atoms with Gasteiger partial charge in [0.1, 0.15) is 0 Å². The van der Waals surface area contributed by atoms with E-state index in [1.54, 1.807) is 18.0 Å². The fraction of sp³-hybridized carbons (Fsp3) is 0.462. The number of nitrogens with zero attached hydrogens (tertiary/aromatic N) is 5. The van der Waals surface area contributed by atoms with Crippen molar-refractivity contribution < 1.29 is 13.2 Å². The minimum atomic E-state index is -4.40. The van der Waals surface area contributed by atoms with Gasteiger partial charge < -0.3 is 10.2 Å². The smallest absolute Gasteiger partial charge is 0.341 e. The fourth-order valence-corrected chi connectivity index (χ4v) is 2.05. The summed E-state index contributed by atoms with van der Waals surface area (Å²) in [6, 6.07) is 5.43. The Hall–Kier alpha value is -2.16. The van der Waals surface area contributed by atoms with Crippen LogP contribution in [0, 0.1) is 0 Å². The number of tetrazole rings is 1. The van der Waals surface area contributed by atoms with E-state index in [-0.39, 0.29) is 12.1 Å². The first kappa shape index (κ1) is 16.2. The molecule has 1 aromatic heterocycles. The summed E-state index contributed by atoms with van der Waals surface area (Å²) in [6.45, 7) is 1.31. The molecular formula is C13H17F3N6. The number of halogens is 3. The molecule has 2 rings (SSSR count). The minimum Gasteiger partial charge on any atom is -0.341 e. The zero-order chi connectivity index (χ0) is 16.2. The average molecular weight is 314 g/mol. The van der Waals surface area contributed by atoms with Crippen molar-refractivity contribution in [2.75, 3.05) is 32.1 Å². The highest BCUT2D eigenvalue weighted by atomic mass is 19.4. The van der Waals surface area contributed by atoms with E-state index in [1.807, 2.05) is 7.05 Å². The first-order chi connectivity index (χ1) is 10.4. The first-order valence-corrected chi connectivity index (χ1v) is 6.70. The first-order valence-electron chi connectivity index (χ1n) is 6.70. The van der Waals surface area contributed by atoms with Gasteiger partial charge in [0.2, 0.25) is 5.95 Å². The number of rotatable bonds is 6. The summed E-state index contributed by atoms with van der Waals surface area (Å²) >= 11 is 0. The van der Waals surface area contributed by atoms with Gasteiger partial charge in [-0.2, -0.15) is 13.2 Å². The van der Waals surface area contributed by atoms with Crippen LogP contribution in [-0.4, -0.2) is 47.4 Å². The molecule has 0 fully saturated rings. The van der Waals surface area contributed by atoms with Crippen LogP contribution < -0.4 is 10.2 Å². The van der Waals surface area contributed by atoms with Crippen molar-refractivity contribution in [2.45, 2.75) is 12.7 Å². The van der Waals surface area contributed by atoms with E-state index in [2.05, 4.69) is 20.8 Å². The Balaban J connectivity index is 2.24. The lowest BCUT2D eigenvalue weighted by molar-refractivity contribution is -0.138. The topological polar surface area (TPSA) is 58.9 Å². The standard InChI is InChI=1S/C13H17F3N6/c1-17-7-8-21(2)12-18-19-20-22(12)9-10-5-3-4-6-11(10)13(14,15)16/h3-6,17H,7-9H2,1-2H3. The second-order valence-corrected chi connectivity index (χ2v) is 4.82. The minimum absolute atomic E-state index is 0.0398. The lowest BCUT2D eigenvalue weighted by atomic mass is 10.1. The molecule has 22 heavy (non-hydrogen) atoms. The quantitative estimate of drug-likeness (QED) is 0.873. The summed E-state index contributed by atoms with van der Waals surface area (Å²) in [5, 5.41) is 14.2. The van der Waals surface area contributed by atoms with E-state index < -0.39 is 11.7 Å². The number of likely N-dealkylation sites (N-methyl/N-ethyl adjacent to an activating group) is 2. The van der Waals surface area contributed by atoms with Crippen molar-refractivity contribution in [1.29, 1.82) is 0 Å². The lowest BCUT2D eigenvalue weighted by Crippen LogP contribution is -2.29. The van der Waals surface area contributed by atoms with Gasteiger partial charge in [-0.15, -0.1) is 0 Å². The van der Waals surface area contributed by atoms with Gasteiger partial charge in [0.25, 0.3) is 0 Å². The highest BCUT2D eigenvalue weighted by Crippen LogP contribution is 2.32. The van der Waals surface area contributed by atoms with Gasteiger partial charge in [-0.3, -0.25) is 0 Å². The van der Waals surface area contributed by atoms with E-state index in [9.17, 15) is 13.2 Å². The Kier molecular flexibility index (Phi) is 4.96. The van der Waals surface area contributed by atoms with Gasteiger partial charge in [-0.05, 0) is 29.1 Å². The van der Waals surface area contributed by atoms with Crippen LogP contribution in [0.2, 0.25) is 0 Å². The Morgan fingerprint density at radius 3 is 2.68 bits per heavy atom. The van der Waals surface area contributed by atoms with Crippen LogP contribution in [0.5, 0.6) is 0 Å². The zero-order valence-electron chi connectivity index (χ0n) is 12.3. The molecule has 9 heteroatoms. The molecule has 2 aromatic rings. The number of benzene rings is 1. The Bertz CT molecular complexity index is 610. The molecule has 1 aromatic carbocycles. The summed E-state index contributed by atoms with van der Waals surface area (Å²) in [4.78, 5) is 1.78. The van der Waals surface area contributed by atoms with Gasteiger partial charge in [-0.25, -0.2) is 4.68 Å². The number of nitrogens with one attached hydrogen (secondary N) is 1. The summed E-state index contributed by atoms with van der Waals surface area (Å²) in [5.74, 6) is 0.423. The second-order valence-electron chi connectivity index (χ2n) is 4.82. The number of anilines is 1. The van der Waals surface area contributed by atoms with Crippen LogP contribution in [0.1, 0.15) is 11.1 Å². The Morgan fingerprint density at radius 1 is 1.27 bits per heavy atom. The third-order valence-corrected chi connectivity index (χ3v) is 3.19. The van der Waals surface area contributed by atoms with Crippen LogP contribution in [0.4, 0.5) is 19.1 Å². The van der Waals surface area contributed by atoms with Crippen molar-refractivity contribution in [3.05, 3.63) is 35.4 Å². The molecule has 0 aliphatic carbocycles. The largest absolute Gasteiger partial charge is 0.416 e. The van der Waals surface area contributed by atoms with E-state index in [1.165, 1.54) is 16.8 Å². The van der Waals surface area contributed by atoms with Gasteiger partial charge in [0.15, 0.2) is 0 Å². The summed E-state index contributed by atoms with van der Waals surface area (Å²) in [7, 11) is 3.60. The van der Waals surface area contributed by atoms with Crippen molar-refractivity contribution in [3.63, 3.8) is 0 Å². The maximum atomic E-state index is 13.0. The predicted octanol–water partition coefficient (Wildman–Crippen LogP) is 1.40. The van der Waals surface area contributed by atoms with Crippen LogP contribution >= 0.6 is 0 Å². The van der Waals surface area contributed by atoms with E-state index in [4.69, 9.17) is 0 Å². The SMILES string of the molecule is CNCCN(C)c1nnnn1Cc1ccccc1C(F)(F)F. The third kappa shape index (κ3) is 3.73. The molecule has 0 amide bonds. The van der Waals surface area contributed by atoms with Crippen molar-refractivity contribution in [2.24, 2.45) is 0 Å². The van der Waals surface area contributed by atoms with Gasteiger partial charge >= 0.3 is 6.18 Å². The second kappa shape index (κ2) is 6.73. The number of hydrogen-bond acceptors (Lipinski definition) is 5. The summed E-state index contributed by atoms with van der Waals surface area (Å²) < 4.78 is 40.4. The van der Waals surface area contributed by atoms with Crippen molar-refractivity contribution in [1.82, 2.24) is 25.5 Å². The normalized spacial score (nSPS) is 11.7. The maximum absolute atomic E-state index is 13.0. The van der Waals surface area contributed by atoms with Gasteiger partial charge in [-0.1, -0.05) is 23.3 Å². The molecule has 0 bridgehead atoms. The van der Waals surface area contributed by atoms with Gasteiger partial charge in [0, 0.05) is 20.1 Å². The molecule has 0 spiro atoms. The number of aromatic nitrogens is 4. The molecule has 0 atom stereocenters. The molecule has 0 aliphatic heterocycles. The lowest BCUT2D eigenvalue weighted by Gasteiger charge is -2.18. The zero-order valence-corrected chi connectivity index (χ0v) is 12.3. The molecule has 0 saturated carbocycles. The fourth-order valence-electron chi connectivity index (χ4n) is 2.05. The van der Waals surface area contributed by atoms with E-state index >= 15 is 0 Å². The molecule has 0 saturated heterocycles. The van der Waals surface area contributed by atoms with Crippen LogP contribution in [-0.2, 0) is 12.7 Å². The molecule has 0 unspecified atom stereocenters. The number of alkyl halides is 3. The highest BCUT2D eigenvalue weighted by Gasteiger charge is 2.33. The molecule has 0 radical (unpaired) electrons. The van der Waals surface area contributed by atoms with E-state index in [0.29, 0.717) is 19.0 Å². The van der Waals surface area contributed by atoms with Crippen molar-refractivity contribution in [3.8, 4) is 0 Å². The molecular weight excluding hydrogens is 297 g/mol. The Morgan fingerprint density at radius 2 is 2.00 bits per heavy atom. The number of hydrogen-bond donors (Lipinski definition) is 1. The molecule has 1 heterocycles.